The Morgan fingerprint density at radius 1 is 1.35 bits per heavy atom. The number of halogens is 2. The molecular weight excluding hydrogens is 325 g/mol. The Morgan fingerprint density at radius 2 is 2.20 bits per heavy atom. The maximum absolute atomic E-state index is 13.2. The second kappa shape index (κ2) is 5.16. The Bertz CT molecular complexity index is 757. The summed E-state index contributed by atoms with van der Waals surface area (Å²) < 4.78 is 15.8. The summed E-state index contributed by atoms with van der Waals surface area (Å²) in [5.74, 6) is 0.321. The summed E-state index contributed by atoms with van der Waals surface area (Å²) in [5.41, 5.74) is 1.59. The molecule has 5 nitrogen and oxygen atoms in total. The van der Waals surface area contributed by atoms with Gasteiger partial charge in [0.2, 0.25) is 0 Å². The molecule has 0 bridgehead atoms. The Balaban J connectivity index is 1.95. The normalized spacial score (nSPS) is 12.6. The Labute approximate surface area is 123 Å². The third kappa shape index (κ3) is 2.36. The molecule has 0 amide bonds. The van der Waals surface area contributed by atoms with Gasteiger partial charge in [-0.15, -0.1) is 0 Å². The van der Waals surface area contributed by atoms with E-state index in [0.29, 0.717) is 5.82 Å². The molecular formula is C13H11BrFN5. The molecule has 0 saturated heterocycles. The van der Waals surface area contributed by atoms with Gasteiger partial charge in [0.25, 0.3) is 0 Å². The zero-order chi connectivity index (χ0) is 14.1. The summed E-state index contributed by atoms with van der Waals surface area (Å²) in [6, 6.07) is 1.33. The smallest absolute Gasteiger partial charge is 0.153 e. The van der Waals surface area contributed by atoms with Crippen molar-refractivity contribution in [2.24, 2.45) is 0 Å². The minimum atomic E-state index is -0.354. The molecule has 0 spiro atoms. The molecule has 20 heavy (non-hydrogen) atoms. The Kier molecular flexibility index (Phi) is 3.35. The molecule has 0 fully saturated rings. The van der Waals surface area contributed by atoms with E-state index in [4.69, 9.17) is 0 Å². The van der Waals surface area contributed by atoms with Crippen LogP contribution < -0.4 is 5.32 Å². The predicted molar refractivity (Wildman–Crippen MR) is 76.9 cm³/mol. The molecule has 0 aliphatic rings. The van der Waals surface area contributed by atoms with Crippen LogP contribution in [-0.4, -0.2) is 19.6 Å². The summed E-state index contributed by atoms with van der Waals surface area (Å²) >= 11 is 3.44. The highest BCUT2D eigenvalue weighted by Crippen LogP contribution is 2.26. The average Bonchev–Trinajstić information content (AvgIpc) is 2.82. The fraction of sp³-hybridized carbons (Fsp3) is 0.154. The summed E-state index contributed by atoms with van der Waals surface area (Å²) in [6.45, 7) is 1.92. The quantitative estimate of drug-likeness (QED) is 0.798. The maximum atomic E-state index is 13.2. The van der Waals surface area contributed by atoms with Crippen molar-refractivity contribution >= 4 is 27.3 Å². The average molecular weight is 336 g/mol. The Morgan fingerprint density at radius 3 is 3.00 bits per heavy atom. The van der Waals surface area contributed by atoms with Crippen LogP contribution in [0, 0.1) is 5.82 Å². The highest BCUT2D eigenvalue weighted by molar-refractivity contribution is 9.10. The third-order valence-corrected chi connectivity index (χ3v) is 3.55. The van der Waals surface area contributed by atoms with Gasteiger partial charge in [0, 0.05) is 18.6 Å². The molecule has 1 N–H and O–H groups in total. The SMILES string of the molecule is CC(Nc1nccn2ncc(Br)c12)c1cncc(F)c1. The number of aromatic nitrogens is 4. The van der Waals surface area contributed by atoms with Crippen molar-refractivity contribution in [2.45, 2.75) is 13.0 Å². The lowest BCUT2D eigenvalue weighted by atomic mass is 10.1. The number of nitrogens with one attached hydrogen (secondary N) is 1. The minimum Gasteiger partial charge on any atom is -0.362 e. The molecule has 0 aromatic carbocycles. The molecule has 3 aromatic heterocycles. The van der Waals surface area contributed by atoms with Gasteiger partial charge in [-0.25, -0.2) is 13.9 Å². The van der Waals surface area contributed by atoms with Crippen LogP contribution >= 0.6 is 15.9 Å². The number of pyridine rings is 1. The van der Waals surface area contributed by atoms with E-state index in [2.05, 4.69) is 36.3 Å². The topological polar surface area (TPSA) is 55.1 Å². The van der Waals surface area contributed by atoms with Crippen molar-refractivity contribution in [2.75, 3.05) is 5.32 Å². The van der Waals surface area contributed by atoms with Crippen molar-refractivity contribution in [3.63, 3.8) is 0 Å². The van der Waals surface area contributed by atoms with E-state index in [9.17, 15) is 4.39 Å². The lowest BCUT2D eigenvalue weighted by Gasteiger charge is -2.15. The van der Waals surface area contributed by atoms with Gasteiger partial charge in [-0.05, 0) is 34.5 Å². The molecule has 0 aliphatic heterocycles. The second-order valence-electron chi connectivity index (χ2n) is 4.36. The molecule has 3 heterocycles. The van der Waals surface area contributed by atoms with Crippen LogP contribution in [0.2, 0.25) is 0 Å². The van der Waals surface area contributed by atoms with Crippen molar-refractivity contribution in [3.8, 4) is 0 Å². The molecule has 102 valence electrons. The van der Waals surface area contributed by atoms with Gasteiger partial charge in [0.05, 0.1) is 22.9 Å². The van der Waals surface area contributed by atoms with E-state index in [-0.39, 0.29) is 11.9 Å². The van der Waals surface area contributed by atoms with Crippen LogP contribution in [0.25, 0.3) is 5.52 Å². The summed E-state index contributed by atoms with van der Waals surface area (Å²) in [7, 11) is 0. The minimum absolute atomic E-state index is 0.126. The third-order valence-electron chi connectivity index (χ3n) is 2.97. The van der Waals surface area contributed by atoms with E-state index in [1.807, 2.05) is 6.92 Å². The van der Waals surface area contributed by atoms with Crippen LogP contribution in [0.15, 0.2) is 41.5 Å². The fourth-order valence-electron chi connectivity index (χ4n) is 1.97. The first-order valence-electron chi connectivity index (χ1n) is 6.00. The van der Waals surface area contributed by atoms with Gasteiger partial charge in [-0.3, -0.25) is 4.98 Å². The maximum Gasteiger partial charge on any atom is 0.153 e. The van der Waals surface area contributed by atoms with Gasteiger partial charge in [0.15, 0.2) is 5.82 Å². The van der Waals surface area contributed by atoms with Gasteiger partial charge >= 0.3 is 0 Å². The van der Waals surface area contributed by atoms with E-state index >= 15 is 0 Å². The highest BCUT2D eigenvalue weighted by Gasteiger charge is 2.12. The molecule has 0 aliphatic carbocycles. The molecule has 0 saturated carbocycles. The van der Waals surface area contributed by atoms with Crippen LogP contribution in [0.4, 0.5) is 10.2 Å². The first-order chi connectivity index (χ1) is 9.65. The zero-order valence-electron chi connectivity index (χ0n) is 10.6. The van der Waals surface area contributed by atoms with Crippen LogP contribution in [0.3, 0.4) is 0 Å². The standard InChI is InChI=1S/C13H11BrFN5/c1-8(9-4-10(15)6-16-5-9)19-13-12-11(14)7-18-20(12)3-2-17-13/h2-8H,1H3,(H,17,19). The van der Waals surface area contributed by atoms with Crippen LogP contribution in [0.1, 0.15) is 18.5 Å². The van der Waals surface area contributed by atoms with E-state index in [1.54, 1.807) is 29.3 Å². The molecule has 7 heteroatoms. The summed E-state index contributed by atoms with van der Waals surface area (Å²) in [5, 5.41) is 7.44. The largest absolute Gasteiger partial charge is 0.362 e. The van der Waals surface area contributed by atoms with Gasteiger partial charge < -0.3 is 5.32 Å². The van der Waals surface area contributed by atoms with Gasteiger partial charge in [-0.1, -0.05) is 0 Å². The number of anilines is 1. The number of hydrogen-bond acceptors (Lipinski definition) is 4. The first kappa shape index (κ1) is 13.0. The van der Waals surface area contributed by atoms with Crippen molar-refractivity contribution < 1.29 is 4.39 Å². The molecule has 3 aromatic rings. The van der Waals surface area contributed by atoms with E-state index in [1.165, 1.54) is 12.3 Å². The number of nitrogens with zero attached hydrogens (tertiary/aromatic N) is 4. The van der Waals surface area contributed by atoms with Crippen molar-refractivity contribution in [1.29, 1.82) is 0 Å². The molecule has 3 rings (SSSR count). The molecule has 1 unspecified atom stereocenters. The van der Waals surface area contributed by atoms with Gasteiger partial charge in [0.1, 0.15) is 11.3 Å². The Hall–Kier alpha value is -2.02. The van der Waals surface area contributed by atoms with Crippen LogP contribution in [0.5, 0.6) is 0 Å². The second-order valence-corrected chi connectivity index (χ2v) is 5.22. The van der Waals surface area contributed by atoms with Crippen molar-refractivity contribution in [1.82, 2.24) is 19.6 Å². The lowest BCUT2D eigenvalue weighted by Crippen LogP contribution is -2.10. The molecule has 1 atom stereocenters. The van der Waals surface area contributed by atoms with Crippen LogP contribution in [-0.2, 0) is 0 Å². The zero-order valence-corrected chi connectivity index (χ0v) is 12.2. The lowest BCUT2D eigenvalue weighted by molar-refractivity contribution is 0.616. The number of rotatable bonds is 3. The monoisotopic (exact) mass is 335 g/mol. The fourth-order valence-corrected chi connectivity index (χ4v) is 2.43. The van der Waals surface area contributed by atoms with E-state index in [0.717, 1.165) is 15.6 Å². The highest BCUT2D eigenvalue weighted by atomic mass is 79.9. The first-order valence-corrected chi connectivity index (χ1v) is 6.79. The van der Waals surface area contributed by atoms with Gasteiger partial charge in [-0.2, -0.15) is 5.10 Å². The molecule has 0 radical (unpaired) electrons. The predicted octanol–water partition coefficient (Wildman–Crippen LogP) is 3.20. The summed E-state index contributed by atoms with van der Waals surface area (Å²) in [4.78, 5) is 8.17. The number of fused-ring (bicyclic) bond motifs is 1. The summed E-state index contributed by atoms with van der Waals surface area (Å²) in [6.07, 6.45) is 7.94. The van der Waals surface area contributed by atoms with E-state index < -0.39 is 0 Å². The number of hydrogen-bond donors (Lipinski definition) is 1. The van der Waals surface area contributed by atoms with Crippen molar-refractivity contribution in [3.05, 3.63) is 52.9 Å².